The van der Waals surface area contributed by atoms with Gasteiger partial charge in [0.05, 0.1) is 6.61 Å². The van der Waals surface area contributed by atoms with E-state index >= 15 is 0 Å². The van der Waals surface area contributed by atoms with Gasteiger partial charge in [0, 0.05) is 13.1 Å². The van der Waals surface area contributed by atoms with Gasteiger partial charge >= 0.3 is 5.97 Å². The average Bonchev–Trinajstić information content (AvgIpc) is 2.83. The lowest BCUT2D eigenvalue weighted by Gasteiger charge is -2.28. The summed E-state index contributed by atoms with van der Waals surface area (Å²) in [5.41, 5.74) is -0.443. The molecule has 2 unspecified atom stereocenters. The topological polar surface area (TPSA) is 58.6 Å². The lowest BCUT2D eigenvalue weighted by Crippen LogP contribution is -2.45. The summed E-state index contributed by atoms with van der Waals surface area (Å²) in [5, 5.41) is 2.95. The van der Waals surface area contributed by atoms with Crippen molar-refractivity contribution in [1.82, 2.24) is 10.2 Å². The van der Waals surface area contributed by atoms with Gasteiger partial charge in [-0.05, 0) is 37.8 Å². The molecule has 0 spiro atoms. The van der Waals surface area contributed by atoms with Crippen LogP contribution >= 0.6 is 0 Å². The smallest absolute Gasteiger partial charge is 0.319 e. The lowest BCUT2D eigenvalue weighted by molar-refractivity contribution is -0.156. The standard InChI is InChI=1S/C16H30N2O3/c1-6-18-9-8-12(11-18)10-17-14(19)13(16(3,4)5)15(20)21-7-2/h12-13H,6-11H2,1-5H3,(H,17,19). The molecule has 1 rings (SSSR count). The van der Waals surface area contributed by atoms with Crippen LogP contribution in [-0.2, 0) is 14.3 Å². The fraction of sp³-hybridized carbons (Fsp3) is 0.875. The Hall–Kier alpha value is -1.10. The zero-order valence-corrected chi connectivity index (χ0v) is 14.1. The summed E-state index contributed by atoms with van der Waals surface area (Å²) in [4.78, 5) is 26.8. The van der Waals surface area contributed by atoms with E-state index in [0.717, 1.165) is 26.1 Å². The minimum Gasteiger partial charge on any atom is -0.465 e. The van der Waals surface area contributed by atoms with Crippen molar-refractivity contribution in [2.75, 3.05) is 32.8 Å². The van der Waals surface area contributed by atoms with Crippen LogP contribution in [0.1, 0.15) is 41.0 Å². The van der Waals surface area contributed by atoms with Crippen molar-refractivity contribution in [1.29, 1.82) is 0 Å². The Kier molecular flexibility index (Phi) is 6.65. The zero-order chi connectivity index (χ0) is 16.0. The first-order valence-corrected chi connectivity index (χ1v) is 7.96. The Bertz CT molecular complexity index is 363. The summed E-state index contributed by atoms with van der Waals surface area (Å²) < 4.78 is 5.05. The highest BCUT2D eigenvalue weighted by Gasteiger charge is 2.39. The number of nitrogens with zero attached hydrogens (tertiary/aromatic N) is 1. The molecule has 0 aliphatic carbocycles. The van der Waals surface area contributed by atoms with Crippen molar-refractivity contribution in [2.24, 2.45) is 17.3 Å². The van der Waals surface area contributed by atoms with Crippen molar-refractivity contribution in [3.63, 3.8) is 0 Å². The summed E-state index contributed by atoms with van der Waals surface area (Å²) in [6, 6.07) is 0. The van der Waals surface area contributed by atoms with Crippen LogP contribution < -0.4 is 5.32 Å². The van der Waals surface area contributed by atoms with Gasteiger partial charge in [0.2, 0.25) is 5.91 Å². The fourth-order valence-corrected chi connectivity index (χ4v) is 2.79. The number of rotatable bonds is 6. The maximum absolute atomic E-state index is 12.4. The molecular formula is C16H30N2O3. The van der Waals surface area contributed by atoms with E-state index in [0.29, 0.717) is 19.1 Å². The van der Waals surface area contributed by atoms with Gasteiger partial charge in [-0.1, -0.05) is 27.7 Å². The first-order chi connectivity index (χ1) is 9.79. The van der Waals surface area contributed by atoms with Crippen LogP contribution in [-0.4, -0.2) is 49.6 Å². The van der Waals surface area contributed by atoms with Crippen molar-refractivity contribution in [3.8, 4) is 0 Å². The van der Waals surface area contributed by atoms with E-state index in [9.17, 15) is 9.59 Å². The molecule has 0 aromatic carbocycles. The number of carbonyl (C=O) groups excluding carboxylic acids is 2. The van der Waals surface area contributed by atoms with Gasteiger partial charge in [-0.25, -0.2) is 0 Å². The number of amides is 1. The first kappa shape index (κ1) is 18.0. The van der Waals surface area contributed by atoms with Crippen molar-refractivity contribution < 1.29 is 14.3 Å². The summed E-state index contributed by atoms with van der Waals surface area (Å²) in [7, 11) is 0. The third-order valence-corrected chi connectivity index (χ3v) is 4.03. The van der Waals surface area contributed by atoms with Crippen LogP contribution in [0.25, 0.3) is 0 Å². The van der Waals surface area contributed by atoms with Crippen LogP contribution in [0.2, 0.25) is 0 Å². The van der Waals surface area contributed by atoms with E-state index in [4.69, 9.17) is 4.74 Å². The molecule has 1 aliphatic rings. The third kappa shape index (κ3) is 5.30. The number of nitrogens with one attached hydrogen (secondary N) is 1. The first-order valence-electron chi connectivity index (χ1n) is 7.96. The second-order valence-corrected chi connectivity index (χ2v) is 6.84. The molecule has 5 nitrogen and oxygen atoms in total. The number of hydrogen-bond acceptors (Lipinski definition) is 4. The third-order valence-electron chi connectivity index (χ3n) is 4.03. The molecule has 1 aliphatic heterocycles. The largest absolute Gasteiger partial charge is 0.465 e. The second kappa shape index (κ2) is 7.78. The van der Waals surface area contributed by atoms with E-state index in [1.165, 1.54) is 0 Å². The van der Waals surface area contributed by atoms with Gasteiger partial charge in [0.25, 0.3) is 0 Å². The second-order valence-electron chi connectivity index (χ2n) is 6.84. The highest BCUT2D eigenvalue weighted by molar-refractivity contribution is 5.98. The molecule has 0 aromatic rings. The summed E-state index contributed by atoms with van der Waals surface area (Å²) >= 11 is 0. The Morgan fingerprint density at radius 3 is 2.48 bits per heavy atom. The quantitative estimate of drug-likeness (QED) is 0.598. The van der Waals surface area contributed by atoms with E-state index in [1.807, 2.05) is 20.8 Å². The minimum atomic E-state index is -0.749. The highest BCUT2D eigenvalue weighted by atomic mass is 16.5. The van der Waals surface area contributed by atoms with Gasteiger partial charge < -0.3 is 15.0 Å². The van der Waals surface area contributed by atoms with Gasteiger partial charge in [-0.15, -0.1) is 0 Å². The molecule has 0 bridgehead atoms. The molecule has 122 valence electrons. The predicted octanol–water partition coefficient (Wildman–Crippen LogP) is 1.67. The maximum Gasteiger partial charge on any atom is 0.319 e. The Balaban J connectivity index is 2.55. The Labute approximate surface area is 128 Å². The predicted molar refractivity (Wildman–Crippen MR) is 82.8 cm³/mol. The van der Waals surface area contributed by atoms with Crippen LogP contribution in [0, 0.1) is 17.3 Å². The normalized spacial score (nSPS) is 21.1. The molecule has 1 fully saturated rings. The molecule has 0 radical (unpaired) electrons. The zero-order valence-electron chi connectivity index (χ0n) is 14.1. The van der Waals surface area contributed by atoms with E-state index in [2.05, 4.69) is 17.1 Å². The van der Waals surface area contributed by atoms with Gasteiger partial charge in [-0.2, -0.15) is 0 Å². The van der Waals surface area contributed by atoms with Gasteiger partial charge in [-0.3, -0.25) is 9.59 Å². The molecule has 1 N–H and O–H groups in total. The Morgan fingerprint density at radius 1 is 1.33 bits per heavy atom. The molecule has 1 saturated heterocycles. The fourth-order valence-electron chi connectivity index (χ4n) is 2.79. The molecule has 21 heavy (non-hydrogen) atoms. The number of ether oxygens (including phenoxy) is 1. The molecule has 0 aromatic heterocycles. The monoisotopic (exact) mass is 298 g/mol. The molecule has 2 atom stereocenters. The van der Waals surface area contributed by atoms with Crippen molar-refractivity contribution >= 4 is 11.9 Å². The number of hydrogen-bond donors (Lipinski definition) is 1. The Morgan fingerprint density at radius 2 is 2.00 bits per heavy atom. The minimum absolute atomic E-state index is 0.212. The number of likely N-dealkylation sites (tertiary alicyclic amines) is 1. The van der Waals surface area contributed by atoms with Crippen LogP contribution in [0.15, 0.2) is 0 Å². The average molecular weight is 298 g/mol. The number of carbonyl (C=O) groups is 2. The molecular weight excluding hydrogens is 268 g/mol. The van der Waals surface area contributed by atoms with Crippen molar-refractivity contribution in [3.05, 3.63) is 0 Å². The van der Waals surface area contributed by atoms with Crippen molar-refractivity contribution in [2.45, 2.75) is 41.0 Å². The van der Waals surface area contributed by atoms with Crippen LogP contribution in [0.4, 0.5) is 0 Å². The van der Waals surface area contributed by atoms with Gasteiger partial charge in [0.1, 0.15) is 5.92 Å². The highest BCUT2D eigenvalue weighted by Crippen LogP contribution is 2.27. The SMILES string of the molecule is CCOC(=O)C(C(=O)NCC1CCN(CC)C1)C(C)(C)C. The van der Waals surface area contributed by atoms with E-state index in [-0.39, 0.29) is 5.91 Å². The molecule has 1 amide bonds. The number of esters is 1. The van der Waals surface area contributed by atoms with Gasteiger partial charge in [0.15, 0.2) is 0 Å². The molecule has 5 heteroatoms. The van der Waals surface area contributed by atoms with Crippen LogP contribution in [0.3, 0.4) is 0 Å². The lowest BCUT2D eigenvalue weighted by atomic mass is 9.80. The molecule has 1 heterocycles. The summed E-state index contributed by atoms with van der Waals surface area (Å²) in [6.45, 7) is 13.7. The summed E-state index contributed by atoms with van der Waals surface area (Å²) in [5.74, 6) is -0.905. The molecule has 0 saturated carbocycles. The summed E-state index contributed by atoms with van der Waals surface area (Å²) in [6.07, 6.45) is 1.10. The maximum atomic E-state index is 12.4. The van der Waals surface area contributed by atoms with E-state index < -0.39 is 17.3 Å². The van der Waals surface area contributed by atoms with Crippen LogP contribution in [0.5, 0.6) is 0 Å². The van der Waals surface area contributed by atoms with E-state index in [1.54, 1.807) is 6.92 Å².